The Morgan fingerprint density at radius 1 is 0.960 bits per heavy atom. The first kappa shape index (κ1) is 18.7. The van der Waals surface area contributed by atoms with E-state index in [9.17, 15) is 9.59 Å². The standard InChI is InChI=1S/C18H17NO3.C2H7N/c1-2-13-6-5-7-14(12-13)22-11-10-19-17(20)15-8-3-4-9-16(15)18(19)21;1-3-2/h3-9,12H,2,10-11H2,1H3;3H,1-2H3. The van der Waals surface area contributed by atoms with Gasteiger partial charge in [-0.25, -0.2) is 0 Å². The number of ether oxygens (including phenoxy) is 1. The molecule has 0 spiro atoms. The fourth-order valence-corrected chi connectivity index (χ4v) is 2.55. The fourth-order valence-electron chi connectivity index (χ4n) is 2.55. The summed E-state index contributed by atoms with van der Waals surface area (Å²) in [5, 5.41) is 2.75. The van der Waals surface area contributed by atoms with Gasteiger partial charge in [-0.3, -0.25) is 14.5 Å². The largest absolute Gasteiger partial charge is 0.492 e. The Morgan fingerprint density at radius 2 is 1.56 bits per heavy atom. The van der Waals surface area contributed by atoms with Gasteiger partial charge in [0.05, 0.1) is 17.7 Å². The number of aryl methyl sites for hydroxylation is 1. The minimum atomic E-state index is -0.244. The normalized spacial score (nSPS) is 12.5. The Kier molecular flexibility index (Phi) is 6.71. The number of carbonyl (C=O) groups excluding carboxylic acids is 2. The van der Waals surface area contributed by atoms with Crippen LogP contribution in [-0.2, 0) is 6.42 Å². The second-order valence-electron chi connectivity index (χ2n) is 5.66. The smallest absolute Gasteiger partial charge is 0.261 e. The van der Waals surface area contributed by atoms with E-state index in [-0.39, 0.29) is 18.4 Å². The lowest BCUT2D eigenvalue weighted by Gasteiger charge is -2.14. The van der Waals surface area contributed by atoms with Crippen LogP contribution in [0.25, 0.3) is 0 Å². The number of hydrogen-bond donors (Lipinski definition) is 1. The van der Waals surface area contributed by atoms with Crippen molar-refractivity contribution in [1.82, 2.24) is 10.2 Å². The van der Waals surface area contributed by atoms with Crippen LogP contribution in [0.2, 0.25) is 0 Å². The molecule has 1 heterocycles. The van der Waals surface area contributed by atoms with Gasteiger partial charge in [0.25, 0.3) is 11.8 Å². The second-order valence-corrected chi connectivity index (χ2v) is 5.66. The van der Waals surface area contributed by atoms with E-state index in [4.69, 9.17) is 4.74 Å². The molecule has 1 N–H and O–H groups in total. The van der Waals surface area contributed by atoms with Crippen LogP contribution in [-0.4, -0.2) is 44.0 Å². The topological polar surface area (TPSA) is 58.6 Å². The zero-order valence-corrected chi connectivity index (χ0v) is 14.9. The van der Waals surface area contributed by atoms with Gasteiger partial charge in [0.15, 0.2) is 0 Å². The van der Waals surface area contributed by atoms with E-state index in [1.165, 1.54) is 10.5 Å². The van der Waals surface area contributed by atoms with Crippen LogP contribution in [0, 0.1) is 0 Å². The SMILES string of the molecule is CCc1cccc(OCCN2C(=O)c3ccccc3C2=O)c1.CNC. The van der Waals surface area contributed by atoms with Crippen LogP contribution in [0.15, 0.2) is 48.5 Å². The van der Waals surface area contributed by atoms with E-state index in [1.54, 1.807) is 24.3 Å². The molecule has 0 unspecified atom stereocenters. The van der Waals surface area contributed by atoms with Gasteiger partial charge >= 0.3 is 0 Å². The van der Waals surface area contributed by atoms with Crippen LogP contribution < -0.4 is 10.1 Å². The van der Waals surface area contributed by atoms with Crippen molar-refractivity contribution in [2.45, 2.75) is 13.3 Å². The molecule has 0 radical (unpaired) electrons. The van der Waals surface area contributed by atoms with E-state index in [0.29, 0.717) is 17.7 Å². The van der Waals surface area contributed by atoms with Gasteiger partial charge in [-0.1, -0.05) is 31.2 Å². The molecular weight excluding hydrogens is 316 g/mol. The summed E-state index contributed by atoms with van der Waals surface area (Å²) in [5.41, 5.74) is 2.14. The number of fused-ring (bicyclic) bond motifs is 1. The van der Waals surface area contributed by atoms with Crippen molar-refractivity contribution in [2.24, 2.45) is 0 Å². The Balaban J connectivity index is 0.000000701. The highest BCUT2D eigenvalue weighted by Crippen LogP contribution is 2.22. The monoisotopic (exact) mass is 340 g/mol. The maximum absolute atomic E-state index is 12.2. The average Bonchev–Trinajstić information content (AvgIpc) is 2.88. The molecule has 0 saturated carbocycles. The third-order valence-corrected chi connectivity index (χ3v) is 3.77. The predicted octanol–water partition coefficient (Wildman–Crippen LogP) is 2.76. The minimum Gasteiger partial charge on any atom is -0.492 e. The lowest BCUT2D eigenvalue weighted by Crippen LogP contribution is -2.33. The molecule has 0 atom stereocenters. The fraction of sp³-hybridized carbons (Fsp3) is 0.300. The highest BCUT2D eigenvalue weighted by Gasteiger charge is 2.34. The van der Waals surface area contributed by atoms with Gasteiger partial charge in [-0.15, -0.1) is 0 Å². The quantitative estimate of drug-likeness (QED) is 0.851. The van der Waals surface area contributed by atoms with E-state index in [2.05, 4.69) is 12.2 Å². The van der Waals surface area contributed by atoms with Crippen LogP contribution in [0.5, 0.6) is 5.75 Å². The van der Waals surface area contributed by atoms with E-state index in [1.807, 2.05) is 38.4 Å². The number of rotatable bonds is 5. The van der Waals surface area contributed by atoms with Crippen LogP contribution >= 0.6 is 0 Å². The molecule has 3 rings (SSSR count). The summed E-state index contributed by atoms with van der Waals surface area (Å²) in [7, 11) is 3.75. The summed E-state index contributed by atoms with van der Waals surface area (Å²) in [6, 6.07) is 14.7. The van der Waals surface area contributed by atoms with Crippen molar-refractivity contribution in [3.63, 3.8) is 0 Å². The summed E-state index contributed by atoms with van der Waals surface area (Å²) >= 11 is 0. The van der Waals surface area contributed by atoms with Crippen LogP contribution in [0.1, 0.15) is 33.2 Å². The summed E-state index contributed by atoms with van der Waals surface area (Å²) in [6.45, 7) is 2.62. The maximum Gasteiger partial charge on any atom is 0.261 e. The van der Waals surface area contributed by atoms with E-state index >= 15 is 0 Å². The third-order valence-electron chi connectivity index (χ3n) is 3.77. The first-order valence-corrected chi connectivity index (χ1v) is 8.37. The van der Waals surface area contributed by atoms with Gasteiger partial charge in [0.2, 0.25) is 0 Å². The van der Waals surface area contributed by atoms with Crippen molar-refractivity contribution in [3.05, 3.63) is 65.2 Å². The molecule has 1 aliphatic rings. The molecule has 5 heteroatoms. The van der Waals surface area contributed by atoms with Crippen molar-refractivity contribution in [2.75, 3.05) is 27.2 Å². The number of benzene rings is 2. The highest BCUT2D eigenvalue weighted by atomic mass is 16.5. The molecule has 2 aromatic rings. The maximum atomic E-state index is 12.2. The lowest BCUT2D eigenvalue weighted by atomic mass is 10.1. The van der Waals surface area contributed by atoms with Gasteiger partial charge < -0.3 is 10.1 Å². The zero-order valence-electron chi connectivity index (χ0n) is 14.9. The minimum absolute atomic E-state index is 0.244. The van der Waals surface area contributed by atoms with Crippen LogP contribution in [0.4, 0.5) is 0 Å². The average molecular weight is 340 g/mol. The van der Waals surface area contributed by atoms with Crippen LogP contribution in [0.3, 0.4) is 0 Å². The Hall–Kier alpha value is -2.66. The molecule has 5 nitrogen and oxygen atoms in total. The van der Waals surface area contributed by atoms with Gasteiger partial charge in [0.1, 0.15) is 12.4 Å². The molecule has 1 aliphatic heterocycles. The molecule has 25 heavy (non-hydrogen) atoms. The Bertz CT molecular complexity index is 708. The lowest BCUT2D eigenvalue weighted by molar-refractivity contribution is 0.0631. The predicted molar refractivity (Wildman–Crippen MR) is 98.1 cm³/mol. The number of imide groups is 1. The number of hydrogen-bond acceptors (Lipinski definition) is 4. The summed E-state index contributed by atoms with van der Waals surface area (Å²) in [6.07, 6.45) is 0.940. The van der Waals surface area contributed by atoms with Crippen molar-refractivity contribution in [1.29, 1.82) is 0 Å². The van der Waals surface area contributed by atoms with E-state index < -0.39 is 0 Å². The van der Waals surface area contributed by atoms with Gasteiger partial charge in [-0.05, 0) is 50.3 Å². The van der Waals surface area contributed by atoms with Gasteiger partial charge in [-0.2, -0.15) is 0 Å². The third kappa shape index (κ3) is 4.45. The first-order chi connectivity index (χ1) is 12.1. The zero-order chi connectivity index (χ0) is 18.2. The second kappa shape index (κ2) is 8.99. The molecular formula is C20H24N2O3. The van der Waals surface area contributed by atoms with Crippen molar-refractivity contribution in [3.8, 4) is 5.75 Å². The molecule has 132 valence electrons. The van der Waals surface area contributed by atoms with E-state index in [0.717, 1.165) is 12.2 Å². The Morgan fingerprint density at radius 3 is 2.12 bits per heavy atom. The molecule has 0 bridgehead atoms. The summed E-state index contributed by atoms with van der Waals surface area (Å²) in [5.74, 6) is 0.272. The molecule has 0 saturated heterocycles. The van der Waals surface area contributed by atoms with Crippen molar-refractivity contribution >= 4 is 11.8 Å². The molecule has 2 amide bonds. The van der Waals surface area contributed by atoms with Gasteiger partial charge in [0, 0.05) is 0 Å². The first-order valence-electron chi connectivity index (χ1n) is 8.37. The Labute approximate surface area is 148 Å². The molecule has 0 aromatic heterocycles. The highest BCUT2D eigenvalue weighted by molar-refractivity contribution is 6.21. The number of nitrogens with zero attached hydrogens (tertiary/aromatic N) is 1. The summed E-state index contributed by atoms with van der Waals surface area (Å²) < 4.78 is 5.66. The molecule has 2 aromatic carbocycles. The number of carbonyl (C=O) groups is 2. The number of amides is 2. The number of nitrogens with one attached hydrogen (secondary N) is 1. The molecule has 0 aliphatic carbocycles. The molecule has 0 fully saturated rings. The van der Waals surface area contributed by atoms with Crippen molar-refractivity contribution < 1.29 is 14.3 Å². The summed E-state index contributed by atoms with van der Waals surface area (Å²) in [4.78, 5) is 25.6.